The van der Waals surface area contributed by atoms with Crippen LogP contribution in [-0.4, -0.2) is 22.8 Å². The third-order valence-electron chi connectivity index (χ3n) is 2.65. The van der Waals surface area contributed by atoms with Crippen molar-refractivity contribution in [3.05, 3.63) is 47.3 Å². The third-order valence-corrected chi connectivity index (χ3v) is 2.65. The first-order valence-electron chi connectivity index (χ1n) is 5.57. The summed E-state index contributed by atoms with van der Waals surface area (Å²) in [6, 6.07) is 9.29. The molecule has 0 radical (unpaired) electrons. The fourth-order valence-electron chi connectivity index (χ4n) is 1.77. The number of primary amides is 1. The van der Waals surface area contributed by atoms with Gasteiger partial charge >= 0.3 is 0 Å². The van der Waals surface area contributed by atoms with Gasteiger partial charge in [0, 0.05) is 0 Å². The predicted molar refractivity (Wildman–Crippen MR) is 67.6 cm³/mol. The zero-order valence-electron chi connectivity index (χ0n) is 10.4. The first-order chi connectivity index (χ1) is 8.60. The number of ether oxygens (including phenoxy) is 1. The molecular formula is C13H15N3O2. The van der Waals surface area contributed by atoms with Gasteiger partial charge in [0.05, 0.1) is 19.3 Å². The highest BCUT2D eigenvalue weighted by atomic mass is 16.5. The standard InChI is InChI=1S/C13H15N3O2/c1-9-7-12(13(14)17)16(15-9)8-10-3-5-11(18-2)6-4-10/h3-7H,8H2,1-2H3,(H2,14,17). The summed E-state index contributed by atoms with van der Waals surface area (Å²) in [4.78, 5) is 11.3. The van der Waals surface area contributed by atoms with Crippen molar-refractivity contribution in [3.8, 4) is 5.75 Å². The number of carbonyl (C=O) groups is 1. The average molecular weight is 245 g/mol. The summed E-state index contributed by atoms with van der Waals surface area (Å²) in [5.74, 6) is 0.328. The SMILES string of the molecule is COc1ccc(Cn2nc(C)cc2C(N)=O)cc1. The molecule has 0 bridgehead atoms. The van der Waals surface area contributed by atoms with Gasteiger partial charge in [-0.15, -0.1) is 0 Å². The van der Waals surface area contributed by atoms with Crippen molar-refractivity contribution in [2.45, 2.75) is 13.5 Å². The van der Waals surface area contributed by atoms with E-state index in [0.29, 0.717) is 12.2 Å². The molecule has 0 fully saturated rings. The zero-order chi connectivity index (χ0) is 13.1. The molecule has 0 aliphatic rings. The fraction of sp³-hybridized carbons (Fsp3) is 0.231. The quantitative estimate of drug-likeness (QED) is 0.883. The molecule has 18 heavy (non-hydrogen) atoms. The monoisotopic (exact) mass is 245 g/mol. The minimum atomic E-state index is -0.468. The minimum absolute atomic E-state index is 0.420. The summed E-state index contributed by atoms with van der Waals surface area (Å²) >= 11 is 0. The smallest absolute Gasteiger partial charge is 0.266 e. The van der Waals surface area contributed by atoms with Crippen LogP contribution in [0.1, 0.15) is 21.7 Å². The van der Waals surface area contributed by atoms with E-state index in [2.05, 4.69) is 5.10 Å². The maximum absolute atomic E-state index is 11.3. The van der Waals surface area contributed by atoms with E-state index in [1.165, 1.54) is 0 Å². The van der Waals surface area contributed by atoms with Crippen LogP contribution in [0.4, 0.5) is 0 Å². The van der Waals surface area contributed by atoms with Gasteiger partial charge in [-0.2, -0.15) is 5.10 Å². The number of hydrogen-bond donors (Lipinski definition) is 1. The summed E-state index contributed by atoms with van der Waals surface area (Å²) in [5, 5.41) is 4.25. The van der Waals surface area contributed by atoms with E-state index in [-0.39, 0.29) is 0 Å². The lowest BCUT2D eigenvalue weighted by Gasteiger charge is -2.06. The second kappa shape index (κ2) is 4.91. The Hall–Kier alpha value is -2.30. The van der Waals surface area contributed by atoms with E-state index in [9.17, 15) is 4.79 Å². The van der Waals surface area contributed by atoms with E-state index < -0.39 is 5.91 Å². The largest absolute Gasteiger partial charge is 0.497 e. The van der Waals surface area contributed by atoms with E-state index >= 15 is 0 Å². The lowest BCUT2D eigenvalue weighted by molar-refractivity contribution is 0.0990. The van der Waals surface area contributed by atoms with Crippen LogP contribution in [0, 0.1) is 6.92 Å². The molecule has 5 heteroatoms. The Morgan fingerprint density at radius 3 is 2.61 bits per heavy atom. The number of nitrogens with zero attached hydrogens (tertiary/aromatic N) is 2. The maximum atomic E-state index is 11.3. The number of rotatable bonds is 4. The van der Waals surface area contributed by atoms with Crippen LogP contribution < -0.4 is 10.5 Å². The number of hydrogen-bond acceptors (Lipinski definition) is 3. The first kappa shape index (κ1) is 12.2. The van der Waals surface area contributed by atoms with E-state index in [4.69, 9.17) is 10.5 Å². The van der Waals surface area contributed by atoms with Crippen LogP contribution in [-0.2, 0) is 6.54 Å². The van der Waals surface area contributed by atoms with Gasteiger partial charge in [0.1, 0.15) is 11.4 Å². The minimum Gasteiger partial charge on any atom is -0.497 e. The van der Waals surface area contributed by atoms with Crippen molar-refractivity contribution in [3.63, 3.8) is 0 Å². The Morgan fingerprint density at radius 1 is 1.39 bits per heavy atom. The highest BCUT2D eigenvalue weighted by molar-refractivity contribution is 5.91. The predicted octanol–water partition coefficient (Wildman–Crippen LogP) is 1.35. The highest BCUT2D eigenvalue weighted by Crippen LogP contribution is 2.13. The number of methoxy groups -OCH3 is 1. The lowest BCUT2D eigenvalue weighted by Crippen LogP contribution is -2.18. The Balaban J connectivity index is 2.25. The van der Waals surface area contributed by atoms with Gasteiger partial charge in [-0.25, -0.2) is 0 Å². The van der Waals surface area contributed by atoms with Gasteiger partial charge in [0.25, 0.3) is 5.91 Å². The van der Waals surface area contributed by atoms with Gasteiger partial charge in [0.15, 0.2) is 0 Å². The Bertz CT molecular complexity index is 558. The molecule has 1 amide bonds. The number of aromatic nitrogens is 2. The molecule has 0 saturated carbocycles. The van der Waals surface area contributed by atoms with E-state index in [1.54, 1.807) is 17.9 Å². The normalized spacial score (nSPS) is 10.3. The number of carbonyl (C=O) groups excluding carboxylic acids is 1. The van der Waals surface area contributed by atoms with Gasteiger partial charge in [-0.3, -0.25) is 9.48 Å². The van der Waals surface area contributed by atoms with Crippen LogP contribution in [0.25, 0.3) is 0 Å². The average Bonchev–Trinajstić information content (AvgIpc) is 2.71. The second-order valence-corrected chi connectivity index (χ2v) is 4.04. The van der Waals surface area contributed by atoms with Crippen LogP contribution in [0.3, 0.4) is 0 Å². The molecular weight excluding hydrogens is 230 g/mol. The van der Waals surface area contributed by atoms with Crippen LogP contribution in [0.2, 0.25) is 0 Å². The van der Waals surface area contributed by atoms with Crippen LogP contribution in [0.15, 0.2) is 30.3 Å². The van der Waals surface area contributed by atoms with Crippen molar-refractivity contribution < 1.29 is 9.53 Å². The number of nitrogens with two attached hydrogens (primary N) is 1. The van der Waals surface area contributed by atoms with Crippen molar-refractivity contribution in [1.82, 2.24) is 9.78 Å². The summed E-state index contributed by atoms with van der Waals surface area (Å²) in [7, 11) is 1.62. The lowest BCUT2D eigenvalue weighted by atomic mass is 10.2. The molecule has 1 heterocycles. The van der Waals surface area contributed by atoms with Gasteiger partial charge in [-0.1, -0.05) is 12.1 Å². The number of benzene rings is 1. The molecule has 94 valence electrons. The van der Waals surface area contributed by atoms with Gasteiger partial charge in [-0.05, 0) is 30.7 Å². The second-order valence-electron chi connectivity index (χ2n) is 4.04. The third kappa shape index (κ3) is 2.51. The molecule has 1 aromatic heterocycles. The summed E-state index contributed by atoms with van der Waals surface area (Å²) in [5.41, 5.74) is 7.53. The molecule has 0 unspecified atom stereocenters. The highest BCUT2D eigenvalue weighted by Gasteiger charge is 2.10. The molecule has 1 aromatic carbocycles. The molecule has 2 N–H and O–H groups in total. The van der Waals surface area contributed by atoms with Crippen molar-refractivity contribution in [2.75, 3.05) is 7.11 Å². The van der Waals surface area contributed by atoms with Crippen LogP contribution in [0.5, 0.6) is 5.75 Å². The number of amides is 1. The topological polar surface area (TPSA) is 70.1 Å². The molecule has 2 aromatic rings. The Kier molecular flexibility index (Phi) is 3.32. The van der Waals surface area contributed by atoms with E-state index in [1.807, 2.05) is 31.2 Å². The van der Waals surface area contributed by atoms with Gasteiger partial charge in [0.2, 0.25) is 0 Å². The van der Waals surface area contributed by atoms with E-state index in [0.717, 1.165) is 17.0 Å². The first-order valence-corrected chi connectivity index (χ1v) is 5.57. The molecule has 2 rings (SSSR count). The molecule has 0 spiro atoms. The molecule has 5 nitrogen and oxygen atoms in total. The van der Waals surface area contributed by atoms with Crippen molar-refractivity contribution in [2.24, 2.45) is 5.73 Å². The molecule has 0 aliphatic heterocycles. The maximum Gasteiger partial charge on any atom is 0.266 e. The Morgan fingerprint density at radius 2 is 2.06 bits per heavy atom. The summed E-state index contributed by atoms with van der Waals surface area (Å²) in [6.07, 6.45) is 0. The Labute approximate surface area is 105 Å². The van der Waals surface area contributed by atoms with Gasteiger partial charge < -0.3 is 10.5 Å². The summed E-state index contributed by atoms with van der Waals surface area (Å²) < 4.78 is 6.70. The molecule has 0 atom stereocenters. The van der Waals surface area contributed by atoms with Crippen LogP contribution >= 0.6 is 0 Å². The summed E-state index contributed by atoms with van der Waals surface area (Å²) in [6.45, 7) is 2.34. The zero-order valence-corrected chi connectivity index (χ0v) is 10.4. The molecule has 0 aliphatic carbocycles. The molecule has 0 saturated heterocycles. The van der Waals surface area contributed by atoms with Crippen molar-refractivity contribution in [1.29, 1.82) is 0 Å². The van der Waals surface area contributed by atoms with Crippen molar-refractivity contribution >= 4 is 5.91 Å². The number of aryl methyl sites for hydroxylation is 1. The fourth-order valence-corrected chi connectivity index (χ4v) is 1.77.